The summed E-state index contributed by atoms with van der Waals surface area (Å²) in [6, 6.07) is 28.5. The zero-order chi connectivity index (χ0) is 19.1. The molecule has 3 heteroatoms. The van der Waals surface area contributed by atoms with Crippen molar-refractivity contribution >= 4 is 21.5 Å². The predicted octanol–water partition coefficient (Wildman–Crippen LogP) is 4.99. The van der Waals surface area contributed by atoms with Crippen LogP contribution in [0, 0.1) is 0 Å². The number of fused-ring (bicyclic) bond motifs is 2. The summed E-state index contributed by atoms with van der Waals surface area (Å²) in [4.78, 5) is 0. The van der Waals surface area contributed by atoms with Gasteiger partial charge in [-0.25, -0.2) is 0 Å². The van der Waals surface area contributed by atoms with Gasteiger partial charge in [-0.15, -0.1) is 0 Å². The Morgan fingerprint density at radius 2 is 1.25 bits per heavy atom. The second kappa shape index (κ2) is 6.71. The molecule has 2 atom stereocenters. The third-order valence-electron chi connectivity index (χ3n) is 5.68. The van der Waals surface area contributed by atoms with Crippen LogP contribution in [0.25, 0.3) is 21.5 Å². The number of hydrogen-bond acceptors (Lipinski definition) is 3. The second-order valence-corrected chi connectivity index (χ2v) is 7.42. The first kappa shape index (κ1) is 17.4. The topological polar surface area (TPSA) is 38.7 Å². The lowest BCUT2D eigenvalue weighted by atomic mass is 9.80. The lowest BCUT2D eigenvalue weighted by molar-refractivity contribution is -0.0976. The molecule has 0 amide bonds. The highest BCUT2D eigenvalue weighted by atomic mass is 16.7. The minimum atomic E-state index is -1.31. The van der Waals surface area contributed by atoms with E-state index in [1.54, 1.807) is 0 Å². The molecule has 0 spiro atoms. The Morgan fingerprint density at radius 1 is 0.750 bits per heavy atom. The molecule has 28 heavy (non-hydrogen) atoms. The fourth-order valence-electron chi connectivity index (χ4n) is 4.14. The molecule has 0 aromatic heterocycles. The number of hydrogen-bond donors (Lipinski definition) is 1. The Bertz CT molecular complexity index is 1070. The monoisotopic (exact) mass is 370 g/mol. The van der Waals surface area contributed by atoms with Crippen LogP contribution in [0.15, 0.2) is 84.9 Å². The molecule has 3 nitrogen and oxygen atoms in total. The Morgan fingerprint density at radius 3 is 1.71 bits per heavy atom. The lowest BCUT2D eigenvalue weighted by Gasteiger charge is -2.34. The maximum atomic E-state index is 12.1. The average Bonchev–Trinajstić information content (AvgIpc) is 3.19. The summed E-state index contributed by atoms with van der Waals surface area (Å²) in [7, 11) is 0. The summed E-state index contributed by atoms with van der Waals surface area (Å²) in [6.07, 6.45) is -0.817. The van der Waals surface area contributed by atoms with Crippen LogP contribution in [0.5, 0.6) is 0 Å². The first-order valence-corrected chi connectivity index (χ1v) is 9.62. The minimum absolute atomic E-state index is 0.336. The van der Waals surface area contributed by atoms with Gasteiger partial charge in [-0.3, -0.25) is 0 Å². The molecule has 0 radical (unpaired) electrons. The van der Waals surface area contributed by atoms with E-state index in [1.165, 1.54) is 0 Å². The Hall–Kier alpha value is -2.72. The van der Waals surface area contributed by atoms with Crippen molar-refractivity contribution in [3.8, 4) is 0 Å². The maximum Gasteiger partial charge on any atom is 0.155 e. The molecule has 1 aliphatic heterocycles. The van der Waals surface area contributed by atoms with Gasteiger partial charge in [-0.2, -0.15) is 0 Å². The van der Waals surface area contributed by atoms with E-state index in [4.69, 9.17) is 9.47 Å². The highest BCUT2D eigenvalue weighted by molar-refractivity contribution is 5.85. The number of ether oxygens (including phenoxy) is 2. The molecule has 2 unspecified atom stereocenters. The molecule has 140 valence electrons. The molecular weight excluding hydrogens is 348 g/mol. The normalized spacial score (nSPS) is 20.1. The minimum Gasteiger partial charge on any atom is -0.378 e. The molecule has 1 N–H and O–H groups in total. The largest absolute Gasteiger partial charge is 0.378 e. The number of benzene rings is 4. The molecule has 0 aliphatic carbocycles. The first-order valence-electron chi connectivity index (χ1n) is 9.62. The van der Waals surface area contributed by atoms with Crippen molar-refractivity contribution in [2.75, 3.05) is 6.61 Å². The van der Waals surface area contributed by atoms with Crippen molar-refractivity contribution in [2.45, 2.75) is 24.9 Å². The Labute approximate surface area is 164 Å². The molecule has 1 saturated heterocycles. The van der Waals surface area contributed by atoms with E-state index in [0.717, 1.165) is 32.7 Å². The van der Waals surface area contributed by atoms with E-state index in [2.05, 4.69) is 48.5 Å². The summed E-state index contributed by atoms with van der Waals surface area (Å²) in [5.41, 5.74) is 0.312. The average molecular weight is 370 g/mol. The first-order chi connectivity index (χ1) is 13.6. The van der Waals surface area contributed by atoms with Crippen LogP contribution in [0.1, 0.15) is 18.1 Å². The van der Waals surface area contributed by atoms with Gasteiger partial charge in [0.05, 0.1) is 6.61 Å². The molecule has 1 fully saturated rings. The molecule has 0 saturated carbocycles. The van der Waals surface area contributed by atoms with Gasteiger partial charge in [-0.1, -0.05) is 72.8 Å². The summed E-state index contributed by atoms with van der Waals surface area (Å²) in [5.74, 6) is 0. The molecule has 4 aromatic rings. The SMILES string of the molecule is CC1OCC(C(O)(c2ccc3ccccc3c2)c2ccc3ccccc3c2)O1. The number of rotatable bonds is 3. The zero-order valence-electron chi connectivity index (χ0n) is 15.7. The van der Waals surface area contributed by atoms with E-state index in [9.17, 15) is 5.11 Å². The van der Waals surface area contributed by atoms with E-state index in [-0.39, 0.29) is 6.29 Å². The van der Waals surface area contributed by atoms with Crippen molar-refractivity contribution in [3.05, 3.63) is 96.1 Å². The van der Waals surface area contributed by atoms with Crippen molar-refractivity contribution < 1.29 is 14.6 Å². The van der Waals surface area contributed by atoms with Crippen LogP contribution in [0.2, 0.25) is 0 Å². The van der Waals surface area contributed by atoms with Gasteiger partial charge in [0.2, 0.25) is 0 Å². The molecule has 4 aromatic carbocycles. The molecule has 1 aliphatic rings. The summed E-state index contributed by atoms with van der Waals surface area (Å²) >= 11 is 0. The Balaban J connectivity index is 1.71. The van der Waals surface area contributed by atoms with E-state index in [0.29, 0.717) is 6.61 Å². The second-order valence-electron chi connectivity index (χ2n) is 7.42. The van der Waals surface area contributed by atoms with E-state index < -0.39 is 11.7 Å². The quantitative estimate of drug-likeness (QED) is 0.552. The predicted molar refractivity (Wildman–Crippen MR) is 111 cm³/mol. The summed E-state index contributed by atoms with van der Waals surface area (Å²) in [6.45, 7) is 2.21. The van der Waals surface area contributed by atoms with Crippen molar-refractivity contribution in [1.82, 2.24) is 0 Å². The van der Waals surface area contributed by atoms with Gasteiger partial charge in [-0.05, 0) is 51.7 Å². The fraction of sp³-hybridized carbons (Fsp3) is 0.200. The van der Waals surface area contributed by atoms with E-state index >= 15 is 0 Å². The summed E-state index contributed by atoms with van der Waals surface area (Å²) < 4.78 is 11.6. The van der Waals surface area contributed by atoms with Gasteiger partial charge in [0.1, 0.15) is 11.7 Å². The lowest BCUT2D eigenvalue weighted by Crippen LogP contribution is -2.42. The van der Waals surface area contributed by atoms with Crippen LogP contribution in [-0.4, -0.2) is 24.1 Å². The van der Waals surface area contributed by atoms with E-state index in [1.807, 2.05) is 43.3 Å². The molecule has 1 heterocycles. The Kier molecular flexibility index (Phi) is 4.17. The smallest absolute Gasteiger partial charge is 0.155 e. The van der Waals surface area contributed by atoms with Crippen LogP contribution < -0.4 is 0 Å². The van der Waals surface area contributed by atoms with Crippen LogP contribution in [0.3, 0.4) is 0 Å². The van der Waals surface area contributed by atoms with Crippen LogP contribution >= 0.6 is 0 Å². The molecule has 5 rings (SSSR count). The van der Waals surface area contributed by atoms with Crippen molar-refractivity contribution in [3.63, 3.8) is 0 Å². The van der Waals surface area contributed by atoms with Crippen molar-refractivity contribution in [1.29, 1.82) is 0 Å². The van der Waals surface area contributed by atoms with Gasteiger partial charge >= 0.3 is 0 Å². The van der Waals surface area contributed by atoms with Gasteiger partial charge < -0.3 is 14.6 Å². The third kappa shape index (κ3) is 2.80. The molecule has 0 bridgehead atoms. The van der Waals surface area contributed by atoms with Gasteiger partial charge in [0.25, 0.3) is 0 Å². The standard InChI is InChI=1S/C25H22O3/c1-17-27-16-24(28-17)25(26,22-12-10-18-6-2-4-8-20(18)14-22)23-13-11-19-7-3-5-9-21(19)15-23/h2-15,17,24,26H,16H2,1H3. The van der Waals surface area contributed by atoms with Crippen LogP contribution in [-0.2, 0) is 15.1 Å². The number of aliphatic hydroxyl groups is 1. The summed E-state index contributed by atoms with van der Waals surface area (Å²) in [5, 5.41) is 16.5. The van der Waals surface area contributed by atoms with Gasteiger partial charge in [0, 0.05) is 0 Å². The molecular formula is C25H22O3. The maximum absolute atomic E-state index is 12.1. The van der Waals surface area contributed by atoms with Crippen LogP contribution in [0.4, 0.5) is 0 Å². The highest BCUT2D eigenvalue weighted by Crippen LogP contribution is 2.39. The van der Waals surface area contributed by atoms with Crippen molar-refractivity contribution in [2.24, 2.45) is 0 Å². The third-order valence-corrected chi connectivity index (χ3v) is 5.68. The fourth-order valence-corrected chi connectivity index (χ4v) is 4.14. The zero-order valence-corrected chi connectivity index (χ0v) is 15.7. The highest BCUT2D eigenvalue weighted by Gasteiger charge is 2.45. The van der Waals surface area contributed by atoms with Gasteiger partial charge in [0.15, 0.2) is 6.29 Å².